The number of aryl methyl sites for hydroxylation is 1. The van der Waals surface area contributed by atoms with Crippen molar-refractivity contribution in [2.24, 2.45) is 0 Å². The molecule has 1 amide bonds. The van der Waals surface area contributed by atoms with Crippen molar-refractivity contribution in [3.8, 4) is 0 Å². The Balaban J connectivity index is 1.73. The predicted molar refractivity (Wildman–Crippen MR) is 110 cm³/mol. The summed E-state index contributed by atoms with van der Waals surface area (Å²) < 4.78 is 27.5. The number of nitrogens with one attached hydrogen (secondary N) is 1. The molecule has 3 aromatic rings. The van der Waals surface area contributed by atoms with E-state index >= 15 is 0 Å². The van der Waals surface area contributed by atoms with Gasteiger partial charge in [-0.25, -0.2) is 17.7 Å². The molecule has 0 spiro atoms. The molecule has 0 saturated carbocycles. The van der Waals surface area contributed by atoms with Crippen LogP contribution in [-0.4, -0.2) is 42.3 Å². The van der Waals surface area contributed by atoms with Crippen LogP contribution >= 0.6 is 11.6 Å². The van der Waals surface area contributed by atoms with Gasteiger partial charge in [-0.1, -0.05) is 17.7 Å². The number of anilines is 1. The highest BCUT2D eigenvalue weighted by atomic mass is 35.5. The minimum Gasteiger partial charge on any atom is -0.330 e. The molecular formula is C19H21ClN4O3S. The summed E-state index contributed by atoms with van der Waals surface area (Å²) in [7, 11) is -0.549. The summed E-state index contributed by atoms with van der Waals surface area (Å²) in [6, 6.07) is 10.2. The topological polar surface area (TPSA) is 84.3 Å². The first-order valence-electron chi connectivity index (χ1n) is 8.62. The third kappa shape index (κ3) is 4.04. The van der Waals surface area contributed by atoms with Crippen molar-refractivity contribution in [2.45, 2.75) is 24.8 Å². The quantitative estimate of drug-likeness (QED) is 0.663. The molecule has 0 radical (unpaired) electrons. The van der Waals surface area contributed by atoms with Crippen LogP contribution in [0.1, 0.15) is 12.0 Å². The molecule has 1 aromatic heterocycles. The molecule has 1 N–H and O–H groups in total. The Hall–Kier alpha value is -2.42. The van der Waals surface area contributed by atoms with E-state index in [4.69, 9.17) is 11.6 Å². The Labute approximate surface area is 169 Å². The number of aromatic nitrogens is 2. The molecular weight excluding hydrogens is 400 g/mol. The van der Waals surface area contributed by atoms with E-state index in [-0.39, 0.29) is 17.2 Å². The maximum Gasteiger partial charge on any atom is 0.242 e. The average Bonchev–Trinajstić information content (AvgIpc) is 3.06. The number of sulfonamides is 1. The van der Waals surface area contributed by atoms with Gasteiger partial charge in [0.15, 0.2) is 0 Å². The maximum absolute atomic E-state index is 12.3. The summed E-state index contributed by atoms with van der Waals surface area (Å²) in [6.45, 7) is 2.27. The fraction of sp³-hybridized carbons (Fsp3) is 0.263. The van der Waals surface area contributed by atoms with E-state index < -0.39 is 10.0 Å². The summed E-state index contributed by atoms with van der Waals surface area (Å²) in [5.41, 5.74) is 2.84. The van der Waals surface area contributed by atoms with Crippen molar-refractivity contribution in [3.05, 3.63) is 53.3 Å². The standard InChI is InChI=1S/C19H21ClN4O3S/c1-13-15(20)5-4-6-16(13)22-19(25)9-10-24-12-21-17-11-14(7-8-18(17)24)28(26,27)23(2)3/h4-8,11-12H,9-10H2,1-3H3,(H,22,25). The number of carbonyl (C=O) groups is 1. The Morgan fingerprint density at radius 3 is 2.71 bits per heavy atom. The van der Waals surface area contributed by atoms with Gasteiger partial charge in [0.25, 0.3) is 0 Å². The maximum atomic E-state index is 12.3. The van der Waals surface area contributed by atoms with E-state index in [0.717, 1.165) is 15.4 Å². The minimum atomic E-state index is -3.52. The molecule has 148 valence electrons. The van der Waals surface area contributed by atoms with E-state index in [1.165, 1.54) is 20.2 Å². The zero-order valence-corrected chi connectivity index (χ0v) is 17.4. The van der Waals surface area contributed by atoms with Crippen LogP contribution < -0.4 is 5.32 Å². The molecule has 28 heavy (non-hydrogen) atoms. The van der Waals surface area contributed by atoms with Gasteiger partial charge in [0.05, 0.1) is 22.3 Å². The smallest absolute Gasteiger partial charge is 0.242 e. The third-order valence-corrected chi connectivity index (χ3v) is 6.71. The number of halogens is 1. The van der Waals surface area contributed by atoms with Gasteiger partial charge in [0.2, 0.25) is 15.9 Å². The van der Waals surface area contributed by atoms with Gasteiger partial charge in [-0.15, -0.1) is 0 Å². The van der Waals surface area contributed by atoms with Crippen molar-refractivity contribution < 1.29 is 13.2 Å². The molecule has 2 aromatic carbocycles. The lowest BCUT2D eigenvalue weighted by Crippen LogP contribution is -2.22. The summed E-state index contributed by atoms with van der Waals surface area (Å²) in [6.07, 6.45) is 1.85. The van der Waals surface area contributed by atoms with Crippen molar-refractivity contribution in [2.75, 3.05) is 19.4 Å². The van der Waals surface area contributed by atoms with Crippen molar-refractivity contribution in [3.63, 3.8) is 0 Å². The molecule has 3 rings (SSSR count). The summed E-state index contributed by atoms with van der Waals surface area (Å²) >= 11 is 6.08. The van der Waals surface area contributed by atoms with Gasteiger partial charge < -0.3 is 9.88 Å². The number of amides is 1. The van der Waals surface area contributed by atoms with Gasteiger partial charge in [0, 0.05) is 37.8 Å². The van der Waals surface area contributed by atoms with Crippen LogP contribution in [0.3, 0.4) is 0 Å². The Morgan fingerprint density at radius 1 is 1.25 bits per heavy atom. The molecule has 1 heterocycles. The van der Waals surface area contributed by atoms with Gasteiger partial charge >= 0.3 is 0 Å². The molecule has 7 nitrogen and oxygen atoms in total. The lowest BCUT2D eigenvalue weighted by atomic mass is 10.2. The van der Waals surface area contributed by atoms with E-state index in [1.807, 2.05) is 11.5 Å². The Morgan fingerprint density at radius 2 is 2.00 bits per heavy atom. The van der Waals surface area contributed by atoms with E-state index in [0.29, 0.717) is 22.8 Å². The monoisotopic (exact) mass is 420 g/mol. The molecule has 0 aliphatic heterocycles. The Bertz CT molecular complexity index is 1140. The molecule has 9 heteroatoms. The first kappa shape index (κ1) is 20.3. The molecule has 0 aliphatic carbocycles. The highest BCUT2D eigenvalue weighted by Crippen LogP contribution is 2.23. The number of rotatable bonds is 6. The normalized spacial score (nSPS) is 11.9. The van der Waals surface area contributed by atoms with Gasteiger partial charge in [-0.3, -0.25) is 4.79 Å². The summed E-state index contributed by atoms with van der Waals surface area (Å²) in [5.74, 6) is -0.140. The molecule has 0 saturated heterocycles. The second kappa shape index (κ2) is 7.90. The number of nitrogens with zero attached hydrogens (tertiary/aromatic N) is 3. The Kier molecular flexibility index (Phi) is 5.74. The number of benzene rings is 2. The van der Waals surface area contributed by atoms with Crippen LogP contribution in [0, 0.1) is 6.92 Å². The van der Waals surface area contributed by atoms with Crippen LogP contribution in [0.5, 0.6) is 0 Å². The molecule has 0 fully saturated rings. The van der Waals surface area contributed by atoms with Gasteiger partial charge in [0.1, 0.15) is 0 Å². The zero-order chi connectivity index (χ0) is 20.5. The van der Waals surface area contributed by atoms with E-state index in [9.17, 15) is 13.2 Å². The number of carbonyl (C=O) groups excluding carboxylic acids is 1. The van der Waals surface area contributed by atoms with Gasteiger partial charge in [-0.2, -0.15) is 0 Å². The molecule has 0 aliphatic rings. The SMILES string of the molecule is Cc1c(Cl)cccc1NC(=O)CCn1cnc2cc(S(=O)(=O)N(C)C)ccc21. The average molecular weight is 421 g/mol. The largest absolute Gasteiger partial charge is 0.330 e. The highest BCUT2D eigenvalue weighted by Gasteiger charge is 2.18. The second-order valence-electron chi connectivity index (χ2n) is 6.59. The van der Waals surface area contributed by atoms with Gasteiger partial charge in [-0.05, 0) is 42.8 Å². The third-order valence-electron chi connectivity index (χ3n) is 4.49. The van der Waals surface area contributed by atoms with Crippen LogP contribution in [0.4, 0.5) is 5.69 Å². The van der Waals surface area contributed by atoms with E-state index in [1.54, 1.807) is 36.7 Å². The summed E-state index contributed by atoms with van der Waals surface area (Å²) in [5, 5.41) is 3.46. The first-order valence-corrected chi connectivity index (χ1v) is 10.4. The predicted octanol–water partition coefficient (Wildman–Crippen LogP) is 3.28. The molecule has 0 atom stereocenters. The fourth-order valence-corrected chi connectivity index (χ4v) is 3.87. The molecule has 0 bridgehead atoms. The highest BCUT2D eigenvalue weighted by molar-refractivity contribution is 7.89. The van der Waals surface area contributed by atoms with Crippen LogP contribution in [0.25, 0.3) is 11.0 Å². The van der Waals surface area contributed by atoms with Crippen LogP contribution in [0.15, 0.2) is 47.6 Å². The number of fused-ring (bicyclic) bond motifs is 1. The van der Waals surface area contributed by atoms with Crippen molar-refractivity contribution in [1.82, 2.24) is 13.9 Å². The first-order chi connectivity index (χ1) is 13.2. The number of hydrogen-bond acceptors (Lipinski definition) is 4. The number of imidazole rings is 1. The van der Waals surface area contributed by atoms with E-state index in [2.05, 4.69) is 10.3 Å². The van der Waals surface area contributed by atoms with Crippen molar-refractivity contribution >= 4 is 44.3 Å². The van der Waals surface area contributed by atoms with Crippen LogP contribution in [-0.2, 0) is 21.4 Å². The number of hydrogen-bond donors (Lipinski definition) is 1. The summed E-state index contributed by atoms with van der Waals surface area (Å²) in [4.78, 5) is 16.8. The molecule has 0 unspecified atom stereocenters. The second-order valence-corrected chi connectivity index (χ2v) is 9.15. The minimum absolute atomic E-state index is 0.140. The lowest BCUT2D eigenvalue weighted by molar-refractivity contribution is -0.116. The lowest BCUT2D eigenvalue weighted by Gasteiger charge is -2.11. The zero-order valence-electron chi connectivity index (χ0n) is 15.8. The van der Waals surface area contributed by atoms with Crippen LogP contribution in [0.2, 0.25) is 5.02 Å². The fourth-order valence-electron chi connectivity index (χ4n) is 2.77. The van der Waals surface area contributed by atoms with Crippen molar-refractivity contribution in [1.29, 1.82) is 0 Å².